The van der Waals surface area contributed by atoms with Crippen molar-refractivity contribution in [1.82, 2.24) is 19.9 Å². The second kappa shape index (κ2) is 8.96. The number of oxazole rings is 2. The molecular weight excluding hydrogens is 454 g/mol. The number of fused-ring (bicyclic) bond motifs is 1. The molecule has 12 heteroatoms. The van der Waals surface area contributed by atoms with Crippen molar-refractivity contribution in [2.75, 3.05) is 61.3 Å². The third-order valence-electron chi connectivity index (χ3n) is 5.82. The minimum atomic E-state index is -0.392. The maximum atomic E-state index is 13.3. The van der Waals surface area contributed by atoms with Gasteiger partial charge in [-0.25, -0.2) is 4.98 Å². The van der Waals surface area contributed by atoms with Crippen LogP contribution in [0.15, 0.2) is 39.5 Å². The number of carbonyl (C=O) groups is 1. The Morgan fingerprint density at radius 1 is 1.03 bits per heavy atom. The quantitative estimate of drug-likeness (QED) is 0.454. The average Bonchev–Trinajstić information content (AvgIpc) is 3.64. The Bertz CT molecular complexity index is 1370. The van der Waals surface area contributed by atoms with E-state index in [1.54, 1.807) is 18.3 Å². The molecule has 2 saturated heterocycles. The number of ether oxygens (including phenoxy) is 2. The summed E-state index contributed by atoms with van der Waals surface area (Å²) in [5.74, 6) is 0.756. The minimum absolute atomic E-state index is 0.287. The first kappa shape index (κ1) is 21.5. The van der Waals surface area contributed by atoms with Crippen molar-refractivity contribution < 1.29 is 23.1 Å². The standard InChI is InChI=1S/C23H23N7O5/c1-14-10-15(2-3-24-14)22-26-18(12-34-22)25-21(31)16-11-17-19(27-20(16)30-6-9-33-13-30)28-23(35-17)29-4-7-32-8-5-29/h2-3,10-12H,4-9,13H2,1H3,(H,25,31). The SMILES string of the molecule is Cc1cc(-c2nc(NC(=O)c3cc4oc(N5CCOCC5)nc4nc3N3CCOC3)co2)ccn1. The second-order valence-corrected chi connectivity index (χ2v) is 8.26. The molecule has 0 spiro atoms. The molecule has 4 aromatic heterocycles. The predicted octanol–water partition coefficient (Wildman–Crippen LogP) is 2.46. The highest BCUT2D eigenvalue weighted by Crippen LogP contribution is 2.29. The van der Waals surface area contributed by atoms with Crippen LogP contribution in [0.25, 0.3) is 22.7 Å². The topological polar surface area (TPSA) is 132 Å². The van der Waals surface area contributed by atoms with Crippen LogP contribution in [0.3, 0.4) is 0 Å². The first-order valence-electron chi connectivity index (χ1n) is 11.3. The lowest BCUT2D eigenvalue weighted by atomic mass is 10.2. The summed E-state index contributed by atoms with van der Waals surface area (Å²) in [5.41, 5.74) is 2.80. The summed E-state index contributed by atoms with van der Waals surface area (Å²) in [6, 6.07) is 5.78. The molecule has 2 aliphatic heterocycles. The zero-order valence-corrected chi connectivity index (χ0v) is 19.1. The van der Waals surface area contributed by atoms with Gasteiger partial charge < -0.3 is 33.4 Å². The van der Waals surface area contributed by atoms with E-state index in [1.807, 2.05) is 22.8 Å². The van der Waals surface area contributed by atoms with Crippen molar-refractivity contribution in [3.63, 3.8) is 0 Å². The zero-order valence-electron chi connectivity index (χ0n) is 19.1. The number of nitrogens with zero attached hydrogens (tertiary/aromatic N) is 6. The van der Waals surface area contributed by atoms with E-state index in [1.165, 1.54) is 6.26 Å². The maximum Gasteiger partial charge on any atom is 0.300 e. The fraction of sp³-hybridized carbons (Fsp3) is 0.348. The Labute approximate surface area is 199 Å². The van der Waals surface area contributed by atoms with E-state index in [2.05, 4.69) is 25.3 Å². The number of carbonyl (C=O) groups excluding carboxylic acids is 1. The highest BCUT2D eigenvalue weighted by molar-refractivity contribution is 6.08. The molecule has 0 atom stereocenters. The molecule has 180 valence electrons. The fourth-order valence-corrected chi connectivity index (χ4v) is 4.05. The normalized spacial score (nSPS) is 16.3. The highest BCUT2D eigenvalue weighted by atomic mass is 16.5. The smallest absolute Gasteiger partial charge is 0.300 e. The van der Waals surface area contributed by atoms with E-state index < -0.39 is 5.91 Å². The van der Waals surface area contributed by atoms with E-state index in [-0.39, 0.29) is 5.82 Å². The molecule has 0 saturated carbocycles. The Morgan fingerprint density at radius 2 is 1.86 bits per heavy atom. The summed E-state index contributed by atoms with van der Waals surface area (Å²) >= 11 is 0. The number of hydrogen-bond acceptors (Lipinski definition) is 11. The Balaban J connectivity index is 1.31. The van der Waals surface area contributed by atoms with E-state index in [9.17, 15) is 4.79 Å². The molecule has 1 amide bonds. The summed E-state index contributed by atoms with van der Waals surface area (Å²) in [6.07, 6.45) is 3.08. The molecular formula is C23H23N7O5. The molecule has 12 nitrogen and oxygen atoms in total. The number of morpholine rings is 1. The first-order valence-corrected chi connectivity index (χ1v) is 11.3. The predicted molar refractivity (Wildman–Crippen MR) is 125 cm³/mol. The summed E-state index contributed by atoms with van der Waals surface area (Å²) in [4.78, 5) is 35.0. The zero-order chi connectivity index (χ0) is 23.8. The van der Waals surface area contributed by atoms with Gasteiger partial charge in [-0.15, -0.1) is 0 Å². The number of hydrogen-bond donors (Lipinski definition) is 1. The number of rotatable bonds is 5. The molecule has 0 unspecified atom stereocenters. The van der Waals surface area contributed by atoms with E-state index in [0.29, 0.717) is 80.7 Å². The third-order valence-corrected chi connectivity index (χ3v) is 5.82. The first-order chi connectivity index (χ1) is 17.1. The molecule has 1 N–H and O–H groups in total. The lowest BCUT2D eigenvalue weighted by molar-refractivity contribution is 0.102. The van der Waals surface area contributed by atoms with Gasteiger partial charge >= 0.3 is 0 Å². The van der Waals surface area contributed by atoms with Crippen LogP contribution in [0.2, 0.25) is 0 Å². The van der Waals surface area contributed by atoms with Gasteiger partial charge in [0.1, 0.15) is 18.8 Å². The molecule has 35 heavy (non-hydrogen) atoms. The summed E-state index contributed by atoms with van der Waals surface area (Å²) in [5, 5.41) is 2.81. The fourth-order valence-electron chi connectivity index (χ4n) is 4.05. The van der Waals surface area contributed by atoms with Gasteiger partial charge in [0.05, 0.1) is 25.4 Å². The molecule has 0 bridgehead atoms. The number of aryl methyl sites for hydroxylation is 1. The Hall–Kier alpha value is -4.03. The molecule has 2 fully saturated rings. The molecule has 0 radical (unpaired) electrons. The Kier molecular flexibility index (Phi) is 5.51. The van der Waals surface area contributed by atoms with Crippen LogP contribution < -0.4 is 15.1 Å². The van der Waals surface area contributed by atoms with Gasteiger partial charge in [0.2, 0.25) is 11.5 Å². The average molecular weight is 477 g/mol. The van der Waals surface area contributed by atoms with Crippen LogP contribution in [-0.2, 0) is 9.47 Å². The maximum absolute atomic E-state index is 13.3. The Morgan fingerprint density at radius 3 is 2.66 bits per heavy atom. The molecule has 6 rings (SSSR count). The largest absolute Gasteiger partial charge is 0.442 e. The molecule has 0 aromatic carbocycles. The lowest BCUT2D eigenvalue weighted by Gasteiger charge is -2.24. The van der Waals surface area contributed by atoms with Gasteiger partial charge in [-0.1, -0.05) is 0 Å². The molecule has 0 aliphatic carbocycles. The summed E-state index contributed by atoms with van der Waals surface area (Å²) in [7, 11) is 0. The molecule has 2 aliphatic rings. The summed E-state index contributed by atoms with van der Waals surface area (Å²) < 4.78 is 22.4. The van der Waals surface area contributed by atoms with Gasteiger partial charge in [0.25, 0.3) is 11.9 Å². The third kappa shape index (κ3) is 4.29. The van der Waals surface area contributed by atoms with Crippen LogP contribution in [0.4, 0.5) is 17.7 Å². The number of aromatic nitrogens is 4. The van der Waals surface area contributed by atoms with Crippen molar-refractivity contribution >= 4 is 34.8 Å². The van der Waals surface area contributed by atoms with Crippen LogP contribution in [0, 0.1) is 6.92 Å². The number of anilines is 3. The van der Waals surface area contributed by atoms with Crippen LogP contribution in [0.1, 0.15) is 16.1 Å². The van der Waals surface area contributed by atoms with E-state index in [0.717, 1.165) is 11.3 Å². The number of pyridine rings is 2. The van der Waals surface area contributed by atoms with Crippen LogP contribution in [-0.4, -0.2) is 72.0 Å². The molecule has 4 aromatic rings. The number of amides is 1. The monoisotopic (exact) mass is 477 g/mol. The van der Waals surface area contributed by atoms with Gasteiger partial charge in [0.15, 0.2) is 11.4 Å². The summed E-state index contributed by atoms with van der Waals surface area (Å²) in [6.45, 7) is 5.96. The number of nitrogens with one attached hydrogen (secondary N) is 1. The molecule has 6 heterocycles. The second-order valence-electron chi connectivity index (χ2n) is 8.26. The van der Waals surface area contributed by atoms with Gasteiger partial charge in [-0.05, 0) is 19.1 Å². The minimum Gasteiger partial charge on any atom is -0.442 e. The lowest BCUT2D eigenvalue weighted by Crippen LogP contribution is -2.36. The highest BCUT2D eigenvalue weighted by Gasteiger charge is 2.26. The van der Waals surface area contributed by atoms with Crippen LogP contribution >= 0.6 is 0 Å². The van der Waals surface area contributed by atoms with Crippen molar-refractivity contribution in [2.45, 2.75) is 6.92 Å². The van der Waals surface area contributed by atoms with Crippen molar-refractivity contribution in [3.8, 4) is 11.5 Å². The van der Waals surface area contributed by atoms with Gasteiger partial charge in [0, 0.05) is 43.2 Å². The van der Waals surface area contributed by atoms with E-state index in [4.69, 9.17) is 18.3 Å². The van der Waals surface area contributed by atoms with E-state index >= 15 is 0 Å². The van der Waals surface area contributed by atoms with Crippen molar-refractivity contribution in [1.29, 1.82) is 0 Å². The van der Waals surface area contributed by atoms with Gasteiger partial charge in [-0.2, -0.15) is 9.97 Å². The van der Waals surface area contributed by atoms with Crippen molar-refractivity contribution in [3.05, 3.63) is 41.9 Å². The van der Waals surface area contributed by atoms with Crippen molar-refractivity contribution in [2.24, 2.45) is 0 Å². The van der Waals surface area contributed by atoms with Gasteiger partial charge in [-0.3, -0.25) is 9.78 Å². The van der Waals surface area contributed by atoms with Crippen LogP contribution in [0.5, 0.6) is 0 Å².